The van der Waals surface area contributed by atoms with Crippen molar-refractivity contribution in [1.29, 1.82) is 0 Å². The molecular weight excluding hydrogens is 328 g/mol. The Balaban J connectivity index is 1.99. The van der Waals surface area contributed by atoms with E-state index in [1.54, 1.807) is 23.1 Å². The summed E-state index contributed by atoms with van der Waals surface area (Å²) >= 11 is 9.29. The van der Waals surface area contributed by atoms with Crippen molar-refractivity contribution in [3.63, 3.8) is 0 Å². The number of carbonyl (C=O) groups excluding carboxylic acids is 1. The monoisotopic (exact) mass is 344 g/mol. The second kappa shape index (κ2) is 6.73. The molecule has 1 saturated heterocycles. The lowest BCUT2D eigenvalue weighted by atomic mass is 9.99. The third-order valence-corrected chi connectivity index (χ3v) is 4.66. The van der Waals surface area contributed by atoms with Crippen LogP contribution in [0.3, 0.4) is 0 Å². The molecular formula is C14H18BrClN2O. The third-order valence-electron chi connectivity index (χ3n) is 3.44. The van der Waals surface area contributed by atoms with Gasteiger partial charge < -0.3 is 10.2 Å². The van der Waals surface area contributed by atoms with Gasteiger partial charge in [0.1, 0.15) is 0 Å². The molecule has 0 saturated carbocycles. The molecule has 0 aliphatic carbocycles. The lowest BCUT2D eigenvalue weighted by molar-refractivity contribution is 0.0764. The Hall–Kier alpha value is -0.580. The maximum absolute atomic E-state index is 12.3. The Labute approximate surface area is 127 Å². The Morgan fingerprint density at radius 3 is 3.00 bits per heavy atom. The van der Waals surface area contributed by atoms with E-state index in [4.69, 9.17) is 11.6 Å². The van der Waals surface area contributed by atoms with Crippen LogP contribution in [-0.2, 0) is 0 Å². The van der Waals surface area contributed by atoms with Crippen molar-refractivity contribution in [2.75, 3.05) is 26.7 Å². The van der Waals surface area contributed by atoms with Crippen molar-refractivity contribution in [1.82, 2.24) is 10.2 Å². The van der Waals surface area contributed by atoms with Gasteiger partial charge in [-0.1, -0.05) is 11.6 Å². The van der Waals surface area contributed by atoms with E-state index in [2.05, 4.69) is 21.2 Å². The van der Waals surface area contributed by atoms with Gasteiger partial charge in [0.05, 0.1) is 5.02 Å². The number of nitrogens with one attached hydrogen (secondary N) is 1. The van der Waals surface area contributed by atoms with Gasteiger partial charge in [-0.2, -0.15) is 0 Å². The quantitative estimate of drug-likeness (QED) is 0.912. The summed E-state index contributed by atoms with van der Waals surface area (Å²) in [6.45, 7) is 2.90. The fraction of sp³-hybridized carbons (Fsp3) is 0.500. The molecule has 2 rings (SSSR count). The molecule has 0 spiro atoms. The summed E-state index contributed by atoms with van der Waals surface area (Å²) in [6, 6.07) is 5.29. The van der Waals surface area contributed by atoms with E-state index < -0.39 is 0 Å². The molecule has 0 bridgehead atoms. The molecule has 1 aromatic rings. The number of halogens is 2. The fourth-order valence-electron chi connectivity index (χ4n) is 2.40. The van der Waals surface area contributed by atoms with Crippen LogP contribution in [0.5, 0.6) is 0 Å². The number of carbonyl (C=O) groups is 1. The number of benzene rings is 1. The Morgan fingerprint density at radius 1 is 1.58 bits per heavy atom. The summed E-state index contributed by atoms with van der Waals surface area (Å²) in [5, 5.41) is 3.99. The van der Waals surface area contributed by atoms with Crippen LogP contribution in [0, 0.1) is 5.92 Å². The topological polar surface area (TPSA) is 32.3 Å². The SMILES string of the molecule is CN(CC1CCCNC1)C(=O)c1ccc(Cl)c(Br)c1. The van der Waals surface area contributed by atoms with Crippen molar-refractivity contribution in [2.24, 2.45) is 5.92 Å². The molecule has 1 atom stereocenters. The molecule has 5 heteroatoms. The first-order valence-electron chi connectivity index (χ1n) is 6.49. The molecule has 19 heavy (non-hydrogen) atoms. The summed E-state index contributed by atoms with van der Waals surface area (Å²) < 4.78 is 0.757. The molecule has 0 aromatic heterocycles. The van der Waals surface area contributed by atoms with Gasteiger partial charge in [-0.15, -0.1) is 0 Å². The predicted molar refractivity (Wildman–Crippen MR) is 81.7 cm³/mol. The van der Waals surface area contributed by atoms with Crippen molar-refractivity contribution < 1.29 is 4.79 Å². The highest BCUT2D eigenvalue weighted by Gasteiger charge is 2.19. The number of nitrogens with zero attached hydrogens (tertiary/aromatic N) is 1. The zero-order valence-electron chi connectivity index (χ0n) is 11.0. The molecule has 1 aliphatic rings. The van der Waals surface area contributed by atoms with Crippen molar-refractivity contribution in [2.45, 2.75) is 12.8 Å². The number of rotatable bonds is 3. The Morgan fingerprint density at radius 2 is 2.37 bits per heavy atom. The molecule has 1 aliphatic heterocycles. The second-order valence-electron chi connectivity index (χ2n) is 5.03. The van der Waals surface area contributed by atoms with Crippen molar-refractivity contribution >= 4 is 33.4 Å². The van der Waals surface area contributed by atoms with Crippen molar-refractivity contribution in [3.05, 3.63) is 33.3 Å². The second-order valence-corrected chi connectivity index (χ2v) is 6.29. The molecule has 1 unspecified atom stereocenters. The Bertz CT molecular complexity index is 461. The van der Waals surface area contributed by atoms with Gasteiger partial charge in [-0.25, -0.2) is 0 Å². The van der Waals surface area contributed by atoms with Crippen LogP contribution in [0.25, 0.3) is 0 Å². The average Bonchev–Trinajstić information content (AvgIpc) is 2.42. The molecule has 3 nitrogen and oxygen atoms in total. The maximum atomic E-state index is 12.3. The van der Waals surface area contributed by atoms with E-state index >= 15 is 0 Å². The first kappa shape index (κ1) is 14.8. The minimum absolute atomic E-state index is 0.0444. The number of piperidine rings is 1. The van der Waals surface area contributed by atoms with Crippen molar-refractivity contribution in [3.8, 4) is 0 Å². The number of amides is 1. The fourth-order valence-corrected chi connectivity index (χ4v) is 2.90. The van der Waals surface area contributed by atoms with Gasteiger partial charge in [0.15, 0.2) is 0 Å². The largest absolute Gasteiger partial charge is 0.341 e. The lowest BCUT2D eigenvalue weighted by Gasteiger charge is -2.27. The van der Waals surface area contributed by atoms with Gasteiger partial charge in [0, 0.05) is 23.6 Å². The highest BCUT2D eigenvalue weighted by Crippen LogP contribution is 2.24. The minimum atomic E-state index is 0.0444. The van der Waals surface area contributed by atoms with Crippen LogP contribution in [0.1, 0.15) is 23.2 Å². The molecule has 1 amide bonds. The molecule has 1 aromatic carbocycles. The maximum Gasteiger partial charge on any atom is 0.253 e. The van der Waals surface area contributed by atoms with Gasteiger partial charge in [0.25, 0.3) is 5.91 Å². The first-order valence-corrected chi connectivity index (χ1v) is 7.66. The highest BCUT2D eigenvalue weighted by molar-refractivity contribution is 9.10. The van der Waals surface area contributed by atoms with E-state index in [0.29, 0.717) is 16.5 Å². The van der Waals surface area contributed by atoms with Gasteiger partial charge in [-0.05, 0) is 66.0 Å². The molecule has 0 radical (unpaired) electrons. The standard InChI is InChI=1S/C14H18BrClN2O/c1-18(9-10-3-2-6-17-8-10)14(19)11-4-5-13(16)12(15)7-11/h4-5,7,10,17H,2-3,6,8-9H2,1H3. The van der Waals surface area contributed by atoms with E-state index in [9.17, 15) is 4.79 Å². The minimum Gasteiger partial charge on any atom is -0.341 e. The van der Waals surface area contributed by atoms with Gasteiger partial charge in [-0.3, -0.25) is 4.79 Å². The van der Waals surface area contributed by atoms with Crippen LogP contribution < -0.4 is 5.32 Å². The number of hydrogen-bond donors (Lipinski definition) is 1. The van der Waals surface area contributed by atoms with Gasteiger partial charge >= 0.3 is 0 Å². The summed E-state index contributed by atoms with van der Waals surface area (Å²) in [7, 11) is 1.86. The highest BCUT2D eigenvalue weighted by atomic mass is 79.9. The third kappa shape index (κ3) is 3.94. The van der Waals surface area contributed by atoms with Crippen LogP contribution in [0.4, 0.5) is 0 Å². The van der Waals surface area contributed by atoms with E-state index in [1.165, 1.54) is 12.8 Å². The van der Waals surface area contributed by atoms with E-state index in [-0.39, 0.29) is 5.91 Å². The zero-order valence-corrected chi connectivity index (χ0v) is 13.3. The molecule has 1 fully saturated rings. The zero-order chi connectivity index (χ0) is 13.8. The normalized spacial score (nSPS) is 19.2. The summed E-state index contributed by atoms with van der Waals surface area (Å²) in [5.74, 6) is 0.599. The van der Waals surface area contributed by atoms with E-state index in [1.807, 2.05) is 7.05 Å². The molecule has 1 heterocycles. The van der Waals surface area contributed by atoms with Crippen LogP contribution in [-0.4, -0.2) is 37.5 Å². The molecule has 104 valence electrons. The average molecular weight is 346 g/mol. The number of hydrogen-bond acceptors (Lipinski definition) is 2. The van der Waals surface area contributed by atoms with Crippen LogP contribution >= 0.6 is 27.5 Å². The smallest absolute Gasteiger partial charge is 0.253 e. The van der Waals surface area contributed by atoms with E-state index in [0.717, 1.165) is 24.1 Å². The van der Waals surface area contributed by atoms with Crippen LogP contribution in [0.15, 0.2) is 22.7 Å². The van der Waals surface area contributed by atoms with Crippen LogP contribution in [0.2, 0.25) is 5.02 Å². The molecule has 1 N–H and O–H groups in total. The Kier molecular flexibility index (Phi) is 5.25. The first-order chi connectivity index (χ1) is 9.08. The summed E-state index contributed by atoms with van der Waals surface area (Å²) in [4.78, 5) is 14.1. The summed E-state index contributed by atoms with van der Waals surface area (Å²) in [5.41, 5.74) is 0.669. The summed E-state index contributed by atoms with van der Waals surface area (Å²) in [6.07, 6.45) is 2.38. The predicted octanol–water partition coefficient (Wildman–Crippen LogP) is 3.17. The van der Waals surface area contributed by atoms with Gasteiger partial charge in [0.2, 0.25) is 0 Å². The lowest BCUT2D eigenvalue weighted by Crippen LogP contribution is -2.39.